The third-order valence-corrected chi connectivity index (χ3v) is 2.51. The number of unbranched alkanes of at least 4 members (excludes halogenated alkanes) is 1. The fourth-order valence-corrected chi connectivity index (χ4v) is 1.48. The van der Waals surface area contributed by atoms with Crippen molar-refractivity contribution in [2.45, 2.75) is 33.1 Å². The largest absolute Gasteiger partial charge is 0.369 e. The molecule has 0 fully saturated rings. The van der Waals surface area contributed by atoms with Crippen LogP contribution in [0, 0.1) is 0 Å². The Morgan fingerprint density at radius 3 is 2.29 bits per heavy atom. The summed E-state index contributed by atoms with van der Waals surface area (Å²) in [6, 6.07) is 8.34. The maximum atomic E-state index is 5.22. The summed E-state index contributed by atoms with van der Waals surface area (Å²) in [7, 11) is 0. The highest BCUT2D eigenvalue weighted by Crippen LogP contribution is 2.09. The molecule has 17 heavy (non-hydrogen) atoms. The topological polar surface area (TPSA) is 76.8 Å². The quantitative estimate of drug-likeness (QED) is 0.463. The Morgan fingerprint density at radius 2 is 1.76 bits per heavy atom. The smallest absolute Gasteiger partial charge is 0.211 e. The van der Waals surface area contributed by atoms with Gasteiger partial charge in [-0.1, -0.05) is 37.6 Å². The molecule has 0 atom stereocenters. The van der Waals surface area contributed by atoms with Gasteiger partial charge < -0.3 is 11.5 Å². The zero-order valence-corrected chi connectivity index (χ0v) is 10.5. The fraction of sp³-hybridized carbons (Fsp3) is 0.385. The van der Waals surface area contributed by atoms with Gasteiger partial charge in [-0.25, -0.2) is 0 Å². The van der Waals surface area contributed by atoms with E-state index in [0.29, 0.717) is 0 Å². The second-order valence-corrected chi connectivity index (χ2v) is 4.01. The van der Waals surface area contributed by atoms with Crippen molar-refractivity contribution in [3.05, 3.63) is 35.4 Å². The van der Waals surface area contributed by atoms with Gasteiger partial charge >= 0.3 is 0 Å². The number of nitrogens with two attached hydrogens (primary N) is 2. The van der Waals surface area contributed by atoms with Crippen LogP contribution in [0.5, 0.6) is 0 Å². The summed E-state index contributed by atoms with van der Waals surface area (Å²) in [6.45, 7) is 4.08. The first-order chi connectivity index (χ1) is 8.13. The van der Waals surface area contributed by atoms with Gasteiger partial charge in [-0.15, -0.1) is 5.10 Å². The maximum absolute atomic E-state index is 5.22. The van der Waals surface area contributed by atoms with Gasteiger partial charge in [0.25, 0.3) is 0 Å². The Kier molecular flexibility index (Phi) is 5.20. The molecule has 4 nitrogen and oxygen atoms in total. The van der Waals surface area contributed by atoms with Crippen molar-refractivity contribution >= 4 is 11.7 Å². The lowest BCUT2D eigenvalue weighted by Gasteiger charge is -2.02. The first-order valence-corrected chi connectivity index (χ1v) is 5.86. The van der Waals surface area contributed by atoms with E-state index in [0.717, 1.165) is 17.7 Å². The van der Waals surface area contributed by atoms with Crippen LogP contribution in [0.3, 0.4) is 0 Å². The molecule has 0 heterocycles. The van der Waals surface area contributed by atoms with Gasteiger partial charge in [0.15, 0.2) is 0 Å². The number of nitrogens with zero attached hydrogens (tertiary/aromatic N) is 2. The Hall–Kier alpha value is -1.84. The number of rotatable bonds is 5. The van der Waals surface area contributed by atoms with Crippen LogP contribution in [0.1, 0.15) is 37.8 Å². The molecule has 0 aromatic heterocycles. The summed E-state index contributed by atoms with van der Waals surface area (Å²) in [5, 5.41) is 7.57. The predicted octanol–water partition coefficient (Wildman–Crippen LogP) is 2.03. The minimum atomic E-state index is -0.0242. The van der Waals surface area contributed by atoms with Crippen molar-refractivity contribution in [1.82, 2.24) is 0 Å². The monoisotopic (exact) mass is 232 g/mol. The molecule has 4 heteroatoms. The van der Waals surface area contributed by atoms with Crippen LogP contribution in [0.4, 0.5) is 0 Å². The van der Waals surface area contributed by atoms with Crippen LogP contribution < -0.4 is 11.5 Å². The zero-order valence-electron chi connectivity index (χ0n) is 10.5. The molecule has 1 aromatic carbocycles. The second-order valence-electron chi connectivity index (χ2n) is 4.01. The van der Waals surface area contributed by atoms with Crippen molar-refractivity contribution in [3.63, 3.8) is 0 Å². The van der Waals surface area contributed by atoms with E-state index in [1.54, 1.807) is 0 Å². The molecule has 1 rings (SSSR count). The van der Waals surface area contributed by atoms with Crippen LogP contribution in [-0.2, 0) is 6.42 Å². The van der Waals surface area contributed by atoms with E-state index in [2.05, 4.69) is 29.3 Å². The van der Waals surface area contributed by atoms with E-state index in [1.165, 1.54) is 18.4 Å². The van der Waals surface area contributed by atoms with Gasteiger partial charge in [0.1, 0.15) is 0 Å². The molecular formula is C13H20N4. The molecule has 0 unspecified atom stereocenters. The van der Waals surface area contributed by atoms with Crippen LogP contribution in [0.15, 0.2) is 34.5 Å². The lowest BCUT2D eigenvalue weighted by Crippen LogP contribution is -2.22. The van der Waals surface area contributed by atoms with E-state index in [1.807, 2.05) is 19.1 Å². The van der Waals surface area contributed by atoms with Crippen molar-refractivity contribution in [2.75, 3.05) is 0 Å². The molecule has 0 radical (unpaired) electrons. The summed E-state index contributed by atoms with van der Waals surface area (Å²) in [6.07, 6.45) is 3.56. The first kappa shape index (κ1) is 13.2. The molecule has 0 bridgehead atoms. The highest BCUT2D eigenvalue weighted by molar-refractivity contribution is 5.99. The maximum Gasteiger partial charge on any atom is 0.211 e. The molecule has 0 aliphatic heterocycles. The van der Waals surface area contributed by atoms with Crippen molar-refractivity contribution in [3.8, 4) is 0 Å². The summed E-state index contributed by atoms with van der Waals surface area (Å²) in [5.74, 6) is -0.0242. The molecule has 0 saturated carbocycles. The van der Waals surface area contributed by atoms with Gasteiger partial charge in [0.2, 0.25) is 5.96 Å². The zero-order chi connectivity index (χ0) is 12.7. The minimum Gasteiger partial charge on any atom is -0.369 e. The van der Waals surface area contributed by atoms with E-state index in [4.69, 9.17) is 11.5 Å². The minimum absolute atomic E-state index is 0.0242. The normalized spacial score (nSPS) is 11.3. The third-order valence-electron chi connectivity index (χ3n) is 2.51. The average molecular weight is 232 g/mol. The van der Waals surface area contributed by atoms with Gasteiger partial charge in [0.05, 0.1) is 5.71 Å². The first-order valence-electron chi connectivity index (χ1n) is 5.86. The van der Waals surface area contributed by atoms with Crippen LogP contribution in [-0.4, -0.2) is 11.7 Å². The summed E-state index contributed by atoms with van der Waals surface area (Å²) < 4.78 is 0. The third kappa shape index (κ3) is 4.68. The van der Waals surface area contributed by atoms with Gasteiger partial charge in [0, 0.05) is 0 Å². The number of hydrogen-bond acceptors (Lipinski definition) is 2. The molecule has 92 valence electrons. The summed E-state index contributed by atoms with van der Waals surface area (Å²) in [4.78, 5) is 0. The molecule has 0 saturated heterocycles. The molecular weight excluding hydrogens is 212 g/mol. The van der Waals surface area contributed by atoms with Crippen LogP contribution in [0.2, 0.25) is 0 Å². The van der Waals surface area contributed by atoms with E-state index in [9.17, 15) is 0 Å². The van der Waals surface area contributed by atoms with Gasteiger partial charge in [-0.2, -0.15) is 5.10 Å². The standard InChI is InChI=1S/C13H20N4/c1-3-4-5-11-6-8-12(9-7-11)10(2)16-17-13(14)15/h6-9H,3-5H2,1-2H3,(H4,14,15,17). The molecule has 0 aliphatic carbocycles. The predicted molar refractivity (Wildman–Crippen MR) is 73.1 cm³/mol. The Labute approximate surface area is 102 Å². The fourth-order valence-electron chi connectivity index (χ4n) is 1.48. The molecule has 4 N–H and O–H groups in total. The number of aryl methyl sites for hydroxylation is 1. The highest BCUT2D eigenvalue weighted by Gasteiger charge is 1.98. The average Bonchev–Trinajstić information content (AvgIpc) is 2.34. The summed E-state index contributed by atoms with van der Waals surface area (Å²) in [5.41, 5.74) is 13.6. The van der Waals surface area contributed by atoms with Gasteiger partial charge in [-0.3, -0.25) is 0 Å². The van der Waals surface area contributed by atoms with Crippen LogP contribution >= 0.6 is 0 Å². The van der Waals surface area contributed by atoms with Gasteiger partial charge in [-0.05, 0) is 30.9 Å². The molecule has 0 aliphatic rings. The SMILES string of the molecule is CCCCc1ccc(C(C)=NN=C(N)N)cc1. The van der Waals surface area contributed by atoms with E-state index in [-0.39, 0.29) is 5.96 Å². The Morgan fingerprint density at radius 1 is 1.12 bits per heavy atom. The number of benzene rings is 1. The van der Waals surface area contributed by atoms with Crippen molar-refractivity contribution < 1.29 is 0 Å². The Balaban J connectivity index is 2.73. The molecule has 0 amide bonds. The molecule has 0 spiro atoms. The number of hydrogen-bond donors (Lipinski definition) is 2. The van der Waals surface area contributed by atoms with E-state index < -0.39 is 0 Å². The lowest BCUT2D eigenvalue weighted by atomic mass is 10.0. The van der Waals surface area contributed by atoms with Crippen molar-refractivity contribution in [1.29, 1.82) is 0 Å². The van der Waals surface area contributed by atoms with Crippen LogP contribution in [0.25, 0.3) is 0 Å². The van der Waals surface area contributed by atoms with Crippen molar-refractivity contribution in [2.24, 2.45) is 21.7 Å². The highest BCUT2D eigenvalue weighted by atomic mass is 15.3. The second kappa shape index (κ2) is 6.68. The Bertz CT molecular complexity index is 400. The number of guanidine groups is 1. The summed E-state index contributed by atoms with van der Waals surface area (Å²) >= 11 is 0. The lowest BCUT2D eigenvalue weighted by molar-refractivity contribution is 0.795. The molecule has 1 aromatic rings. The van der Waals surface area contributed by atoms with E-state index >= 15 is 0 Å².